The molecule has 0 saturated heterocycles. The van der Waals surface area contributed by atoms with E-state index < -0.39 is 0 Å². The lowest BCUT2D eigenvalue weighted by atomic mass is 10.1. The van der Waals surface area contributed by atoms with E-state index in [2.05, 4.69) is 39.6 Å². The van der Waals surface area contributed by atoms with Gasteiger partial charge in [-0.3, -0.25) is 0 Å². The first-order valence-corrected chi connectivity index (χ1v) is 8.55. The third kappa shape index (κ3) is 2.96. The van der Waals surface area contributed by atoms with Crippen molar-refractivity contribution in [3.05, 3.63) is 30.2 Å². The van der Waals surface area contributed by atoms with Gasteiger partial charge in [0.05, 0.1) is 0 Å². The fourth-order valence-corrected chi connectivity index (χ4v) is 2.70. The molecule has 1 aliphatic carbocycles. The second kappa shape index (κ2) is 6.19. The lowest BCUT2D eigenvalue weighted by molar-refractivity contribution is 0.507. The quantitative estimate of drug-likeness (QED) is 0.738. The van der Waals surface area contributed by atoms with Crippen molar-refractivity contribution in [1.82, 2.24) is 20.4 Å². The number of benzene rings is 1. The Labute approximate surface area is 140 Å². The number of nitrogens with one attached hydrogen (secondary N) is 1. The molecule has 124 valence electrons. The fourth-order valence-electron chi connectivity index (χ4n) is 2.70. The van der Waals surface area contributed by atoms with Gasteiger partial charge in [0, 0.05) is 23.2 Å². The van der Waals surface area contributed by atoms with E-state index in [0.29, 0.717) is 23.4 Å². The Kier molecular flexibility index (Phi) is 3.88. The van der Waals surface area contributed by atoms with E-state index in [-0.39, 0.29) is 0 Å². The van der Waals surface area contributed by atoms with Gasteiger partial charge in [-0.1, -0.05) is 38.1 Å². The standard InChI is InChI=1S/C18H21N5O/c1-11(2)9-10-19-16-14-6-4-3-5-13(14)15(20-21-16)18-23-22-17(24-18)12-7-8-12/h3-6,11-12H,7-10H2,1-2H3,(H,19,21). The Morgan fingerprint density at radius 1 is 1.08 bits per heavy atom. The number of rotatable bonds is 6. The van der Waals surface area contributed by atoms with Gasteiger partial charge in [-0.25, -0.2) is 0 Å². The van der Waals surface area contributed by atoms with Crippen molar-refractivity contribution in [3.63, 3.8) is 0 Å². The predicted molar refractivity (Wildman–Crippen MR) is 92.7 cm³/mol. The van der Waals surface area contributed by atoms with Crippen LogP contribution in [0.4, 0.5) is 5.82 Å². The van der Waals surface area contributed by atoms with Crippen molar-refractivity contribution < 1.29 is 4.42 Å². The highest BCUT2D eigenvalue weighted by molar-refractivity contribution is 5.98. The van der Waals surface area contributed by atoms with Gasteiger partial charge < -0.3 is 9.73 Å². The maximum atomic E-state index is 5.81. The first-order valence-electron chi connectivity index (χ1n) is 8.55. The Bertz CT molecular complexity index is 853. The average molecular weight is 323 g/mol. The lowest BCUT2D eigenvalue weighted by Crippen LogP contribution is -2.08. The molecule has 0 aliphatic heterocycles. The molecule has 0 radical (unpaired) electrons. The van der Waals surface area contributed by atoms with E-state index in [1.54, 1.807) is 0 Å². The average Bonchev–Trinajstić information content (AvgIpc) is 3.32. The largest absolute Gasteiger partial charge is 0.419 e. The third-order valence-corrected chi connectivity index (χ3v) is 4.27. The highest BCUT2D eigenvalue weighted by atomic mass is 16.4. The zero-order chi connectivity index (χ0) is 16.5. The molecule has 24 heavy (non-hydrogen) atoms. The summed E-state index contributed by atoms with van der Waals surface area (Å²) in [4.78, 5) is 0. The topological polar surface area (TPSA) is 76.7 Å². The summed E-state index contributed by atoms with van der Waals surface area (Å²) in [5.41, 5.74) is 0.652. The molecular formula is C18H21N5O. The van der Waals surface area contributed by atoms with Crippen LogP contribution in [0.1, 0.15) is 44.9 Å². The van der Waals surface area contributed by atoms with E-state index in [1.165, 1.54) is 0 Å². The predicted octanol–water partition coefficient (Wildman–Crippen LogP) is 4.02. The molecule has 1 aromatic carbocycles. The Hall–Kier alpha value is -2.50. The monoisotopic (exact) mass is 323 g/mol. The molecule has 3 aromatic rings. The van der Waals surface area contributed by atoms with Crippen LogP contribution in [0, 0.1) is 5.92 Å². The summed E-state index contributed by atoms with van der Waals surface area (Å²) >= 11 is 0. The number of hydrogen-bond donors (Lipinski definition) is 1. The molecule has 0 unspecified atom stereocenters. The minimum absolute atomic E-state index is 0.433. The van der Waals surface area contributed by atoms with E-state index in [0.717, 1.165) is 48.3 Å². The number of nitrogens with zero attached hydrogens (tertiary/aromatic N) is 4. The van der Waals surface area contributed by atoms with Crippen molar-refractivity contribution in [1.29, 1.82) is 0 Å². The van der Waals surface area contributed by atoms with E-state index in [9.17, 15) is 0 Å². The SMILES string of the molecule is CC(C)CCNc1nnc(-c2nnc(C3CC3)o2)c2ccccc12. The van der Waals surface area contributed by atoms with Crippen LogP contribution in [0.15, 0.2) is 28.7 Å². The van der Waals surface area contributed by atoms with Crippen molar-refractivity contribution in [2.24, 2.45) is 5.92 Å². The van der Waals surface area contributed by atoms with Crippen LogP contribution < -0.4 is 5.32 Å². The van der Waals surface area contributed by atoms with Gasteiger partial charge in [-0.2, -0.15) is 0 Å². The summed E-state index contributed by atoms with van der Waals surface area (Å²) in [5.74, 6) is 3.05. The number of aromatic nitrogens is 4. The summed E-state index contributed by atoms with van der Waals surface area (Å²) in [7, 11) is 0. The van der Waals surface area contributed by atoms with Crippen LogP contribution in [0.5, 0.6) is 0 Å². The zero-order valence-electron chi connectivity index (χ0n) is 14.0. The maximum absolute atomic E-state index is 5.81. The van der Waals surface area contributed by atoms with Crippen LogP contribution in [0.3, 0.4) is 0 Å². The molecule has 1 N–H and O–H groups in total. The highest BCUT2D eigenvalue weighted by Gasteiger charge is 2.30. The summed E-state index contributed by atoms with van der Waals surface area (Å²) in [6.07, 6.45) is 3.35. The van der Waals surface area contributed by atoms with Gasteiger partial charge in [0.25, 0.3) is 5.89 Å². The van der Waals surface area contributed by atoms with Crippen LogP contribution in [-0.2, 0) is 0 Å². The van der Waals surface area contributed by atoms with Gasteiger partial charge in [-0.05, 0) is 25.2 Å². The van der Waals surface area contributed by atoms with Gasteiger partial charge in [0.15, 0.2) is 11.5 Å². The molecule has 2 aromatic heterocycles. The molecule has 0 atom stereocenters. The Balaban J connectivity index is 1.69. The van der Waals surface area contributed by atoms with Crippen molar-refractivity contribution in [2.45, 2.75) is 39.0 Å². The highest BCUT2D eigenvalue weighted by Crippen LogP contribution is 2.40. The minimum Gasteiger partial charge on any atom is -0.419 e. The third-order valence-electron chi connectivity index (χ3n) is 4.27. The molecular weight excluding hydrogens is 302 g/mol. The Morgan fingerprint density at radius 2 is 1.88 bits per heavy atom. The summed E-state index contributed by atoms with van der Waals surface area (Å²) in [5, 5.41) is 22.4. The number of hydrogen-bond acceptors (Lipinski definition) is 6. The molecule has 6 heteroatoms. The molecule has 0 spiro atoms. The molecule has 1 saturated carbocycles. The molecule has 1 aliphatic rings. The normalized spacial score (nSPS) is 14.5. The van der Waals surface area contributed by atoms with Crippen molar-refractivity contribution >= 4 is 16.6 Å². The Morgan fingerprint density at radius 3 is 2.62 bits per heavy atom. The van der Waals surface area contributed by atoms with Gasteiger partial charge in [0.1, 0.15) is 0 Å². The molecule has 6 nitrogen and oxygen atoms in total. The summed E-state index contributed by atoms with van der Waals surface area (Å²) in [6, 6.07) is 8.06. The molecule has 2 heterocycles. The molecule has 4 rings (SSSR count). The second-order valence-corrected chi connectivity index (χ2v) is 6.77. The van der Waals surface area contributed by atoms with Crippen LogP contribution in [0.25, 0.3) is 22.4 Å². The van der Waals surface area contributed by atoms with Gasteiger partial charge >= 0.3 is 0 Å². The summed E-state index contributed by atoms with van der Waals surface area (Å²) < 4.78 is 5.81. The number of anilines is 1. The smallest absolute Gasteiger partial charge is 0.268 e. The first kappa shape index (κ1) is 15.1. The van der Waals surface area contributed by atoms with Crippen LogP contribution in [-0.4, -0.2) is 26.9 Å². The minimum atomic E-state index is 0.433. The summed E-state index contributed by atoms with van der Waals surface area (Å²) in [6.45, 7) is 5.30. The van der Waals surface area contributed by atoms with Crippen LogP contribution in [0.2, 0.25) is 0 Å². The van der Waals surface area contributed by atoms with Crippen molar-refractivity contribution in [3.8, 4) is 11.6 Å². The first-order chi connectivity index (χ1) is 11.7. The number of fused-ring (bicyclic) bond motifs is 1. The van der Waals surface area contributed by atoms with Crippen molar-refractivity contribution in [2.75, 3.05) is 11.9 Å². The maximum Gasteiger partial charge on any atom is 0.268 e. The van der Waals surface area contributed by atoms with E-state index in [4.69, 9.17) is 4.42 Å². The van der Waals surface area contributed by atoms with Gasteiger partial charge in [-0.15, -0.1) is 20.4 Å². The molecule has 0 amide bonds. The van der Waals surface area contributed by atoms with Crippen LogP contribution >= 0.6 is 0 Å². The second-order valence-electron chi connectivity index (χ2n) is 6.77. The van der Waals surface area contributed by atoms with E-state index in [1.807, 2.05) is 24.3 Å². The molecule has 1 fully saturated rings. The fraction of sp³-hybridized carbons (Fsp3) is 0.444. The molecule has 0 bridgehead atoms. The van der Waals surface area contributed by atoms with Gasteiger partial charge in [0.2, 0.25) is 5.89 Å². The van der Waals surface area contributed by atoms with E-state index >= 15 is 0 Å². The lowest BCUT2D eigenvalue weighted by Gasteiger charge is -2.10. The zero-order valence-corrected chi connectivity index (χ0v) is 14.0.